The molecule has 3 N–H and O–H groups in total. The van der Waals surface area contributed by atoms with E-state index in [1.54, 1.807) is 18.3 Å². The van der Waals surface area contributed by atoms with Crippen LogP contribution in [0.15, 0.2) is 24.5 Å². The van der Waals surface area contributed by atoms with E-state index in [1.165, 1.54) is 6.20 Å². The van der Waals surface area contributed by atoms with Crippen molar-refractivity contribution in [2.45, 2.75) is 25.9 Å². The largest absolute Gasteiger partial charge is 0.337 e. The third kappa shape index (κ3) is 3.14. The molecule has 0 spiro atoms. The summed E-state index contributed by atoms with van der Waals surface area (Å²) < 4.78 is 0. The molecule has 0 fully saturated rings. The monoisotopic (exact) mass is 193 g/mol. The van der Waals surface area contributed by atoms with E-state index in [0.717, 1.165) is 12.8 Å². The lowest BCUT2D eigenvalue weighted by Crippen LogP contribution is -2.41. The van der Waals surface area contributed by atoms with Crippen molar-refractivity contribution in [3.8, 4) is 0 Å². The molecule has 1 unspecified atom stereocenters. The number of hydrogen-bond acceptors (Lipinski definition) is 3. The van der Waals surface area contributed by atoms with Gasteiger partial charge < -0.3 is 11.1 Å². The highest BCUT2D eigenvalue weighted by Crippen LogP contribution is 1.97. The van der Waals surface area contributed by atoms with Crippen molar-refractivity contribution in [2.24, 2.45) is 5.73 Å². The van der Waals surface area contributed by atoms with Crippen LogP contribution in [0, 0.1) is 0 Å². The fourth-order valence-electron chi connectivity index (χ4n) is 1.13. The minimum atomic E-state index is -0.271. The van der Waals surface area contributed by atoms with E-state index in [2.05, 4.69) is 10.3 Å². The second-order valence-electron chi connectivity index (χ2n) is 3.11. The van der Waals surface area contributed by atoms with Gasteiger partial charge in [0.15, 0.2) is 0 Å². The van der Waals surface area contributed by atoms with E-state index in [9.17, 15) is 4.79 Å². The van der Waals surface area contributed by atoms with E-state index in [-0.39, 0.29) is 12.1 Å². The average molecular weight is 193 g/mol. The molecule has 0 saturated heterocycles. The molecule has 1 atom stereocenters. The highest BCUT2D eigenvalue weighted by atomic mass is 16.1. The number of rotatable bonds is 4. The Kier molecular flexibility index (Phi) is 4.07. The first-order valence-corrected chi connectivity index (χ1v) is 4.70. The van der Waals surface area contributed by atoms with Crippen molar-refractivity contribution >= 4 is 5.91 Å². The second kappa shape index (κ2) is 5.34. The van der Waals surface area contributed by atoms with E-state index < -0.39 is 0 Å². The van der Waals surface area contributed by atoms with E-state index in [4.69, 9.17) is 5.73 Å². The van der Waals surface area contributed by atoms with Gasteiger partial charge in [0.05, 0.1) is 11.7 Å². The molecular weight excluding hydrogens is 178 g/mol. The van der Waals surface area contributed by atoms with Crippen molar-refractivity contribution in [3.63, 3.8) is 0 Å². The Bertz CT molecular complexity index is 287. The maximum atomic E-state index is 11.5. The lowest BCUT2D eigenvalue weighted by molar-refractivity contribution is 0.0935. The maximum Gasteiger partial charge on any atom is 0.254 e. The fraction of sp³-hybridized carbons (Fsp3) is 0.400. The van der Waals surface area contributed by atoms with Crippen molar-refractivity contribution in [1.82, 2.24) is 10.3 Å². The predicted octanol–water partition coefficient (Wildman–Crippen LogP) is 0.896. The summed E-state index contributed by atoms with van der Waals surface area (Å²) in [5.74, 6) is -0.168. The summed E-state index contributed by atoms with van der Waals surface area (Å²) in [6.45, 7) is 2.02. The molecule has 0 aliphatic carbocycles. The molecule has 0 aliphatic heterocycles. The molecule has 0 aliphatic rings. The molecule has 0 aromatic carbocycles. The second-order valence-corrected chi connectivity index (χ2v) is 3.11. The van der Waals surface area contributed by atoms with Crippen LogP contribution in [-0.2, 0) is 0 Å². The molecule has 1 heterocycles. The van der Waals surface area contributed by atoms with Gasteiger partial charge in [-0.2, -0.15) is 0 Å². The van der Waals surface area contributed by atoms with Gasteiger partial charge in [-0.05, 0) is 18.6 Å². The first kappa shape index (κ1) is 10.7. The Hall–Kier alpha value is -1.42. The predicted molar refractivity (Wildman–Crippen MR) is 54.6 cm³/mol. The fourth-order valence-corrected chi connectivity index (χ4v) is 1.13. The number of carbonyl (C=O) groups excluding carboxylic acids is 1. The van der Waals surface area contributed by atoms with Crippen LogP contribution in [-0.4, -0.2) is 17.1 Å². The summed E-state index contributed by atoms with van der Waals surface area (Å²) in [5.41, 5.74) is 6.21. The average Bonchev–Trinajstić information content (AvgIpc) is 2.19. The summed E-state index contributed by atoms with van der Waals surface area (Å²) in [4.78, 5) is 15.4. The minimum Gasteiger partial charge on any atom is -0.337 e. The first-order valence-electron chi connectivity index (χ1n) is 4.70. The highest BCUT2D eigenvalue weighted by Gasteiger charge is 2.08. The van der Waals surface area contributed by atoms with Gasteiger partial charge in [-0.1, -0.05) is 13.3 Å². The normalized spacial score (nSPS) is 12.1. The Balaban J connectivity index is 2.51. The molecule has 76 valence electrons. The lowest BCUT2D eigenvalue weighted by Gasteiger charge is -2.12. The minimum absolute atomic E-state index is 0.168. The number of nitrogens with one attached hydrogen (secondary N) is 1. The third-order valence-electron chi connectivity index (χ3n) is 1.84. The van der Waals surface area contributed by atoms with Crippen LogP contribution in [0.5, 0.6) is 0 Å². The topological polar surface area (TPSA) is 68.0 Å². The number of aromatic nitrogens is 1. The zero-order chi connectivity index (χ0) is 10.4. The third-order valence-corrected chi connectivity index (χ3v) is 1.84. The van der Waals surface area contributed by atoms with Crippen LogP contribution in [0.1, 0.15) is 30.1 Å². The summed E-state index contributed by atoms with van der Waals surface area (Å²) in [5, 5.41) is 2.70. The zero-order valence-electron chi connectivity index (χ0n) is 8.23. The molecule has 4 heteroatoms. The lowest BCUT2D eigenvalue weighted by atomic mass is 10.2. The summed E-state index contributed by atoms with van der Waals surface area (Å²) in [6, 6.07) is 3.43. The number of carbonyl (C=O) groups is 1. The number of hydrogen-bond donors (Lipinski definition) is 2. The van der Waals surface area contributed by atoms with Crippen LogP contribution >= 0.6 is 0 Å². The van der Waals surface area contributed by atoms with Gasteiger partial charge in [-0.15, -0.1) is 0 Å². The molecule has 0 radical (unpaired) electrons. The SMILES string of the molecule is CCCC(N)NC(=O)c1cccnc1. The van der Waals surface area contributed by atoms with Gasteiger partial charge in [0.25, 0.3) is 5.91 Å². The molecule has 14 heavy (non-hydrogen) atoms. The van der Waals surface area contributed by atoms with Crippen molar-refractivity contribution in [2.75, 3.05) is 0 Å². The molecule has 1 aromatic heterocycles. The van der Waals surface area contributed by atoms with Crippen LogP contribution in [0.2, 0.25) is 0 Å². The van der Waals surface area contributed by atoms with Gasteiger partial charge in [-0.3, -0.25) is 9.78 Å². The Labute approximate surface area is 83.5 Å². The Morgan fingerprint density at radius 2 is 2.50 bits per heavy atom. The van der Waals surface area contributed by atoms with Gasteiger partial charge in [-0.25, -0.2) is 0 Å². The standard InChI is InChI=1S/C10H15N3O/c1-2-4-9(11)13-10(14)8-5-3-6-12-7-8/h3,5-7,9H,2,4,11H2,1H3,(H,13,14). The Morgan fingerprint density at radius 3 is 3.07 bits per heavy atom. The van der Waals surface area contributed by atoms with Gasteiger partial charge in [0.2, 0.25) is 0 Å². The maximum absolute atomic E-state index is 11.5. The molecule has 1 rings (SSSR count). The van der Waals surface area contributed by atoms with E-state index >= 15 is 0 Å². The number of amides is 1. The smallest absolute Gasteiger partial charge is 0.254 e. The summed E-state index contributed by atoms with van der Waals surface area (Å²) >= 11 is 0. The number of pyridine rings is 1. The van der Waals surface area contributed by atoms with Crippen LogP contribution in [0.25, 0.3) is 0 Å². The van der Waals surface area contributed by atoms with Crippen LogP contribution in [0.4, 0.5) is 0 Å². The van der Waals surface area contributed by atoms with E-state index in [1.807, 2.05) is 6.92 Å². The molecular formula is C10H15N3O. The molecule has 4 nitrogen and oxygen atoms in total. The quantitative estimate of drug-likeness (QED) is 0.698. The highest BCUT2D eigenvalue weighted by molar-refractivity contribution is 5.93. The number of nitrogens with two attached hydrogens (primary N) is 1. The Morgan fingerprint density at radius 1 is 1.71 bits per heavy atom. The van der Waals surface area contributed by atoms with Gasteiger partial charge in [0, 0.05) is 12.4 Å². The van der Waals surface area contributed by atoms with Crippen LogP contribution in [0.3, 0.4) is 0 Å². The zero-order valence-corrected chi connectivity index (χ0v) is 8.23. The number of nitrogens with zero attached hydrogens (tertiary/aromatic N) is 1. The van der Waals surface area contributed by atoms with Crippen molar-refractivity contribution in [1.29, 1.82) is 0 Å². The van der Waals surface area contributed by atoms with Gasteiger partial charge >= 0.3 is 0 Å². The van der Waals surface area contributed by atoms with Crippen molar-refractivity contribution in [3.05, 3.63) is 30.1 Å². The molecule has 0 saturated carbocycles. The summed E-state index contributed by atoms with van der Waals surface area (Å²) in [6.07, 6.45) is 4.62. The van der Waals surface area contributed by atoms with Gasteiger partial charge in [0.1, 0.15) is 0 Å². The molecule has 1 amide bonds. The molecule has 1 aromatic rings. The molecule has 0 bridgehead atoms. The van der Waals surface area contributed by atoms with Crippen LogP contribution < -0.4 is 11.1 Å². The van der Waals surface area contributed by atoms with Crippen molar-refractivity contribution < 1.29 is 4.79 Å². The first-order chi connectivity index (χ1) is 6.74. The summed E-state index contributed by atoms with van der Waals surface area (Å²) in [7, 11) is 0. The van der Waals surface area contributed by atoms with E-state index in [0.29, 0.717) is 5.56 Å².